The van der Waals surface area contributed by atoms with Crippen LogP contribution in [0.25, 0.3) is 0 Å². The van der Waals surface area contributed by atoms with Crippen LogP contribution < -0.4 is 40.1 Å². The average molecular weight is 565 g/mol. The zero-order valence-corrected chi connectivity index (χ0v) is 27.7. The summed E-state index contributed by atoms with van der Waals surface area (Å²) in [5, 5.41) is 5.24. The molecule has 192 valence electrons. The average Bonchev–Trinajstić information content (AvgIpc) is 2.88. The molecule has 0 bridgehead atoms. The van der Waals surface area contributed by atoms with Crippen molar-refractivity contribution in [3.63, 3.8) is 0 Å². The molecule has 0 spiro atoms. The summed E-state index contributed by atoms with van der Waals surface area (Å²) in [6.07, 6.45) is 0. The van der Waals surface area contributed by atoms with E-state index < -0.39 is 30.6 Å². The van der Waals surface area contributed by atoms with Gasteiger partial charge in [0, 0.05) is 0 Å². The van der Waals surface area contributed by atoms with Gasteiger partial charge in [-0.3, -0.25) is 0 Å². The topological polar surface area (TPSA) is 24.7 Å². The molecule has 38 heavy (non-hydrogen) atoms. The molecule has 4 rings (SSSR count). The van der Waals surface area contributed by atoms with Crippen molar-refractivity contribution in [3.8, 4) is 0 Å². The molecule has 0 aliphatic heterocycles. The summed E-state index contributed by atoms with van der Waals surface area (Å²) in [6, 6.07) is 44.1. The molecule has 0 unspecified atom stereocenters. The Bertz CT molecular complexity index is 1220. The van der Waals surface area contributed by atoms with Gasteiger partial charge in [0.1, 0.15) is 0 Å². The second kappa shape index (κ2) is 12.7. The minimum absolute atomic E-state index is 0. The van der Waals surface area contributed by atoms with Gasteiger partial charge in [0.2, 0.25) is 0 Å². The summed E-state index contributed by atoms with van der Waals surface area (Å²) in [7, 11) is -8.42. The normalized spacial score (nSPS) is 12.4. The molecule has 0 fully saturated rings. The van der Waals surface area contributed by atoms with Crippen molar-refractivity contribution in [2.24, 2.45) is 8.82 Å². The Morgan fingerprint density at radius 2 is 0.632 bits per heavy atom. The van der Waals surface area contributed by atoms with Crippen LogP contribution in [-0.4, -0.2) is 16.5 Å². The predicted molar refractivity (Wildman–Crippen MR) is 174 cm³/mol. The van der Waals surface area contributed by atoms with Crippen molar-refractivity contribution in [2.45, 2.75) is 39.3 Å². The molecule has 4 aromatic carbocycles. The molecule has 0 aliphatic carbocycles. The van der Waals surface area contributed by atoms with Crippen LogP contribution in [0.15, 0.2) is 130 Å². The SMILES string of the molecule is C[Si](C)(C)N=P([CH-]P(=N[Si](C)(C)C)(c1ccccc1)c1ccccc1)(c1ccccc1)c1ccccc1.[Li+]. The van der Waals surface area contributed by atoms with Gasteiger partial charge in [-0.1, -0.05) is 161 Å². The third-order valence-electron chi connectivity index (χ3n) is 5.85. The van der Waals surface area contributed by atoms with Crippen molar-refractivity contribution in [3.05, 3.63) is 127 Å². The maximum atomic E-state index is 5.92. The minimum atomic E-state index is -2.32. The fourth-order valence-electron chi connectivity index (χ4n) is 4.66. The molecule has 0 amide bonds. The summed E-state index contributed by atoms with van der Waals surface area (Å²) in [5.41, 5.74) is 0. The summed E-state index contributed by atoms with van der Waals surface area (Å²) in [4.78, 5) is 0. The van der Waals surface area contributed by atoms with Crippen LogP contribution in [0.2, 0.25) is 39.3 Å². The molecular weight excluding hydrogens is 525 g/mol. The maximum absolute atomic E-state index is 5.92. The van der Waals surface area contributed by atoms with Gasteiger partial charge in [0.25, 0.3) is 0 Å². The van der Waals surface area contributed by atoms with Crippen molar-refractivity contribution < 1.29 is 18.9 Å². The molecule has 7 heteroatoms. The van der Waals surface area contributed by atoms with Crippen LogP contribution in [0.1, 0.15) is 0 Å². The van der Waals surface area contributed by atoms with Gasteiger partial charge in [-0.05, 0) is 21.2 Å². The first-order valence-corrected chi connectivity index (χ1v) is 23.4. The molecule has 0 radical (unpaired) electrons. The van der Waals surface area contributed by atoms with Crippen molar-refractivity contribution in [1.82, 2.24) is 0 Å². The largest absolute Gasteiger partial charge is 1.00 e. The van der Waals surface area contributed by atoms with Gasteiger partial charge in [-0.25, -0.2) is 5.90 Å². The van der Waals surface area contributed by atoms with E-state index in [-0.39, 0.29) is 18.9 Å². The molecule has 0 N–H and O–H groups in total. The molecule has 0 aromatic heterocycles. The van der Waals surface area contributed by atoms with Gasteiger partial charge in [-0.15, -0.1) is 14.1 Å². The number of hydrogen-bond donors (Lipinski definition) is 0. The Hall–Kier alpha value is -1.63. The predicted octanol–water partition coefficient (Wildman–Crippen LogP) is 5.48. The fourth-order valence-corrected chi connectivity index (χ4v) is 22.6. The van der Waals surface area contributed by atoms with Crippen molar-refractivity contribution in [1.29, 1.82) is 0 Å². The molecule has 0 heterocycles. The standard InChI is InChI=1S/C31H39N2P2Si2.Li/c1-36(2,3)32-34(28-19-11-7-12-20-28,29-21-13-8-14-22-29)27-35(33-37(4,5)6,30-23-15-9-16-24-30)31-25-17-10-18-26-31;/h7-27H,1-6H3;/q-1;+1. The Kier molecular flexibility index (Phi) is 10.3. The van der Waals surface area contributed by atoms with Gasteiger partial charge >= 0.3 is 18.9 Å². The monoisotopic (exact) mass is 564 g/mol. The Balaban J connectivity index is 0.00000400. The van der Waals surface area contributed by atoms with Crippen LogP contribution in [-0.2, 0) is 0 Å². The third-order valence-corrected chi connectivity index (χ3v) is 20.2. The summed E-state index contributed by atoms with van der Waals surface area (Å²) >= 11 is 0. The Morgan fingerprint density at radius 1 is 0.421 bits per heavy atom. The van der Waals surface area contributed by atoms with E-state index in [9.17, 15) is 0 Å². The summed E-state index contributed by atoms with van der Waals surface area (Å²) in [5.74, 6) is 2.69. The quantitative estimate of drug-likeness (QED) is 0.154. The fraction of sp³-hybridized carbons (Fsp3) is 0.194. The summed E-state index contributed by atoms with van der Waals surface area (Å²) in [6.45, 7) is 14.2. The van der Waals surface area contributed by atoms with Gasteiger partial charge in [0.05, 0.1) is 0 Å². The number of benzene rings is 4. The molecule has 2 nitrogen and oxygen atoms in total. The van der Waals surface area contributed by atoms with Crippen LogP contribution in [0.3, 0.4) is 0 Å². The first kappa shape index (κ1) is 30.9. The van der Waals surface area contributed by atoms with E-state index in [0.717, 1.165) is 0 Å². The zero-order chi connectivity index (χ0) is 26.6. The van der Waals surface area contributed by atoms with Crippen LogP contribution >= 0.6 is 14.1 Å². The second-order valence-electron chi connectivity index (χ2n) is 11.4. The van der Waals surface area contributed by atoms with Crippen LogP contribution in [0.5, 0.6) is 0 Å². The molecule has 0 aliphatic rings. The van der Waals surface area contributed by atoms with E-state index >= 15 is 0 Å². The first-order valence-electron chi connectivity index (χ1n) is 12.9. The number of hydrogen-bond acceptors (Lipinski definition) is 2. The summed E-state index contributed by atoms with van der Waals surface area (Å²) < 4.78 is 11.8. The van der Waals surface area contributed by atoms with Crippen LogP contribution in [0.4, 0.5) is 0 Å². The van der Waals surface area contributed by atoms with Gasteiger partial charge in [-0.2, -0.15) is 0 Å². The van der Waals surface area contributed by atoms with E-state index in [0.29, 0.717) is 0 Å². The number of rotatable bonds is 8. The van der Waals surface area contributed by atoms with E-state index in [4.69, 9.17) is 8.82 Å². The van der Waals surface area contributed by atoms with Crippen molar-refractivity contribution >= 4 is 51.8 Å². The van der Waals surface area contributed by atoms with Crippen LogP contribution in [0, 0.1) is 5.90 Å². The van der Waals surface area contributed by atoms with E-state index in [1.807, 2.05) is 0 Å². The molecule has 0 atom stereocenters. The van der Waals surface area contributed by atoms with E-state index in [1.165, 1.54) is 21.2 Å². The maximum Gasteiger partial charge on any atom is 1.00 e. The molecular formula is C31H39LiN2P2Si2. The minimum Gasteiger partial charge on any atom is -0.359 e. The van der Waals surface area contributed by atoms with Crippen molar-refractivity contribution in [2.75, 3.05) is 0 Å². The Labute approximate surface area is 244 Å². The van der Waals surface area contributed by atoms with E-state index in [1.54, 1.807) is 0 Å². The van der Waals surface area contributed by atoms with Gasteiger partial charge in [0.15, 0.2) is 16.5 Å². The molecule has 0 saturated carbocycles. The number of nitrogens with zero attached hydrogens (tertiary/aromatic N) is 2. The molecule has 4 aromatic rings. The van der Waals surface area contributed by atoms with E-state index in [2.05, 4.69) is 167 Å². The van der Waals surface area contributed by atoms with Gasteiger partial charge < -0.3 is 8.82 Å². The smallest absolute Gasteiger partial charge is 0.359 e. The first-order chi connectivity index (χ1) is 17.5. The third kappa shape index (κ3) is 7.31. The molecule has 0 saturated heterocycles. The Morgan fingerprint density at radius 3 is 0.816 bits per heavy atom. The second-order valence-corrected chi connectivity index (χ2v) is 27.4. The zero-order valence-electron chi connectivity index (χ0n) is 23.9.